The quantitative estimate of drug-likeness (QED) is 0.811. The van der Waals surface area contributed by atoms with Gasteiger partial charge in [-0.1, -0.05) is 48.5 Å². The van der Waals surface area contributed by atoms with Gasteiger partial charge in [-0.15, -0.1) is 0 Å². The van der Waals surface area contributed by atoms with Gasteiger partial charge in [0.25, 0.3) is 0 Å². The van der Waals surface area contributed by atoms with Crippen LogP contribution in [0.25, 0.3) is 0 Å². The Kier molecular flexibility index (Phi) is 4.24. The molecule has 0 spiro atoms. The molecule has 2 atom stereocenters. The van der Waals surface area contributed by atoms with E-state index in [0.29, 0.717) is 11.5 Å². The highest BCUT2D eigenvalue weighted by Gasteiger charge is 2.46. The maximum atomic E-state index is 3.91. The summed E-state index contributed by atoms with van der Waals surface area (Å²) in [7, 11) is 0. The van der Waals surface area contributed by atoms with Gasteiger partial charge in [-0.05, 0) is 55.7 Å². The van der Waals surface area contributed by atoms with E-state index in [1.54, 1.807) is 5.56 Å². The van der Waals surface area contributed by atoms with Crippen LogP contribution in [0.1, 0.15) is 49.1 Å². The molecule has 26 heavy (non-hydrogen) atoms. The molecule has 2 saturated carbocycles. The van der Waals surface area contributed by atoms with Gasteiger partial charge < -0.3 is 10.2 Å². The van der Waals surface area contributed by atoms with Crippen LogP contribution in [0.2, 0.25) is 0 Å². The van der Waals surface area contributed by atoms with E-state index in [4.69, 9.17) is 0 Å². The van der Waals surface area contributed by atoms with E-state index in [-0.39, 0.29) is 0 Å². The number of para-hydroxylation sites is 1. The van der Waals surface area contributed by atoms with Crippen LogP contribution in [-0.4, -0.2) is 25.7 Å². The highest BCUT2D eigenvalue weighted by molar-refractivity contribution is 5.54. The topological polar surface area (TPSA) is 15.3 Å². The molecule has 2 heteroatoms. The molecule has 0 amide bonds. The average Bonchev–Trinajstić information content (AvgIpc) is 3.59. The molecule has 0 aromatic heterocycles. The van der Waals surface area contributed by atoms with Crippen molar-refractivity contribution in [1.82, 2.24) is 5.32 Å². The zero-order valence-corrected chi connectivity index (χ0v) is 15.7. The number of hydrogen-bond donors (Lipinski definition) is 1. The largest absolute Gasteiger partial charge is 0.371 e. The zero-order valence-electron chi connectivity index (χ0n) is 15.7. The Morgan fingerprint density at radius 1 is 0.962 bits per heavy atom. The maximum absolute atomic E-state index is 3.91. The van der Waals surface area contributed by atoms with Gasteiger partial charge in [0, 0.05) is 42.7 Å². The fraction of sp³-hybridized carbons (Fsp3) is 0.500. The molecule has 136 valence electrons. The summed E-state index contributed by atoms with van der Waals surface area (Å²) in [6, 6.07) is 20.8. The summed E-state index contributed by atoms with van der Waals surface area (Å²) in [5.74, 6) is 0.742. The lowest BCUT2D eigenvalue weighted by atomic mass is 10.0. The molecule has 1 aliphatic heterocycles. The summed E-state index contributed by atoms with van der Waals surface area (Å²) in [5.41, 5.74) is 5.09. The van der Waals surface area contributed by atoms with Gasteiger partial charge in [-0.25, -0.2) is 0 Å². The third-order valence-corrected chi connectivity index (χ3v) is 6.70. The first-order valence-corrected chi connectivity index (χ1v) is 10.4. The van der Waals surface area contributed by atoms with Crippen molar-refractivity contribution in [2.45, 2.75) is 50.5 Å². The molecule has 2 aromatic rings. The monoisotopic (exact) mass is 346 g/mol. The van der Waals surface area contributed by atoms with E-state index in [1.165, 1.54) is 69.4 Å². The molecule has 1 N–H and O–H groups in total. The van der Waals surface area contributed by atoms with Crippen molar-refractivity contribution in [3.05, 3.63) is 65.7 Å². The van der Waals surface area contributed by atoms with E-state index in [2.05, 4.69) is 64.8 Å². The number of hydrogen-bond acceptors (Lipinski definition) is 2. The van der Waals surface area contributed by atoms with Crippen LogP contribution in [0.3, 0.4) is 0 Å². The summed E-state index contributed by atoms with van der Waals surface area (Å²) in [4.78, 5) is 2.69. The standard InChI is InChI=1S/C24H30N2/c1-2-8-19(9-3-1)21-16-22(21)25-17-24(13-14-24)18-26-15-7-6-11-20-10-4-5-12-23(20)26/h1-5,8-10,12,21-22,25H,6-7,11,13-18H2/t21?,22-/m0/s1. The fourth-order valence-corrected chi connectivity index (χ4v) is 4.74. The summed E-state index contributed by atoms with van der Waals surface area (Å²) in [5, 5.41) is 3.91. The molecule has 3 aliphatic rings. The lowest BCUT2D eigenvalue weighted by Crippen LogP contribution is -2.37. The van der Waals surface area contributed by atoms with E-state index in [0.717, 1.165) is 5.92 Å². The van der Waals surface area contributed by atoms with E-state index in [1.807, 2.05) is 0 Å². The van der Waals surface area contributed by atoms with Gasteiger partial charge in [0.15, 0.2) is 0 Å². The van der Waals surface area contributed by atoms with Crippen LogP contribution in [0.5, 0.6) is 0 Å². The predicted molar refractivity (Wildman–Crippen MR) is 109 cm³/mol. The minimum atomic E-state index is 0.515. The number of aryl methyl sites for hydroxylation is 1. The molecular weight excluding hydrogens is 316 g/mol. The van der Waals surface area contributed by atoms with E-state index in [9.17, 15) is 0 Å². The Bertz CT molecular complexity index is 750. The number of fused-ring (bicyclic) bond motifs is 1. The summed E-state index contributed by atoms with van der Waals surface area (Å²) in [6.07, 6.45) is 8.00. The second-order valence-electron chi connectivity index (χ2n) is 8.75. The van der Waals surface area contributed by atoms with Crippen molar-refractivity contribution in [2.24, 2.45) is 5.41 Å². The number of nitrogens with one attached hydrogen (secondary N) is 1. The first-order valence-electron chi connectivity index (χ1n) is 10.4. The highest BCUT2D eigenvalue weighted by Crippen LogP contribution is 2.48. The summed E-state index contributed by atoms with van der Waals surface area (Å²) in [6.45, 7) is 3.66. The van der Waals surface area contributed by atoms with Crippen molar-refractivity contribution in [2.75, 3.05) is 24.5 Å². The van der Waals surface area contributed by atoms with Crippen molar-refractivity contribution in [1.29, 1.82) is 0 Å². The highest BCUT2D eigenvalue weighted by atomic mass is 15.2. The molecule has 2 nitrogen and oxygen atoms in total. The smallest absolute Gasteiger partial charge is 0.0398 e. The van der Waals surface area contributed by atoms with Crippen molar-refractivity contribution < 1.29 is 0 Å². The maximum Gasteiger partial charge on any atom is 0.0398 e. The molecule has 1 heterocycles. The van der Waals surface area contributed by atoms with Crippen LogP contribution in [0.4, 0.5) is 5.69 Å². The second-order valence-corrected chi connectivity index (χ2v) is 8.75. The van der Waals surface area contributed by atoms with E-state index >= 15 is 0 Å². The van der Waals surface area contributed by atoms with Gasteiger partial charge in [-0.2, -0.15) is 0 Å². The van der Waals surface area contributed by atoms with Crippen LogP contribution in [-0.2, 0) is 6.42 Å². The molecule has 2 aliphatic carbocycles. The molecule has 0 bridgehead atoms. The first kappa shape index (κ1) is 16.4. The minimum absolute atomic E-state index is 0.515. The number of nitrogens with zero attached hydrogens (tertiary/aromatic N) is 1. The normalized spacial score (nSPS) is 26.1. The van der Waals surface area contributed by atoms with Crippen molar-refractivity contribution in [3.8, 4) is 0 Å². The lowest BCUT2D eigenvalue weighted by Gasteiger charge is -2.30. The molecular formula is C24H30N2. The Labute approximate surface area is 157 Å². The number of rotatable bonds is 6. The van der Waals surface area contributed by atoms with E-state index < -0.39 is 0 Å². The van der Waals surface area contributed by atoms with Crippen LogP contribution in [0.15, 0.2) is 54.6 Å². The van der Waals surface area contributed by atoms with Gasteiger partial charge >= 0.3 is 0 Å². The predicted octanol–water partition coefficient (Wildman–Crippen LogP) is 4.76. The fourth-order valence-electron chi connectivity index (χ4n) is 4.74. The molecule has 2 aromatic carbocycles. The van der Waals surface area contributed by atoms with Gasteiger partial charge in [0.05, 0.1) is 0 Å². The summed E-state index contributed by atoms with van der Waals surface area (Å²) < 4.78 is 0. The number of anilines is 1. The Morgan fingerprint density at radius 3 is 2.62 bits per heavy atom. The molecule has 5 rings (SSSR count). The molecule has 0 radical (unpaired) electrons. The second kappa shape index (κ2) is 6.74. The molecule has 2 fully saturated rings. The first-order chi connectivity index (χ1) is 12.8. The molecule has 0 saturated heterocycles. The Morgan fingerprint density at radius 2 is 1.77 bits per heavy atom. The van der Waals surface area contributed by atoms with Crippen molar-refractivity contribution >= 4 is 5.69 Å². The van der Waals surface area contributed by atoms with Crippen LogP contribution < -0.4 is 10.2 Å². The third-order valence-electron chi connectivity index (χ3n) is 6.70. The summed E-state index contributed by atoms with van der Waals surface area (Å²) >= 11 is 0. The molecule has 1 unspecified atom stereocenters. The van der Waals surface area contributed by atoms with Gasteiger partial charge in [-0.3, -0.25) is 0 Å². The average molecular weight is 347 g/mol. The van der Waals surface area contributed by atoms with Crippen LogP contribution >= 0.6 is 0 Å². The third kappa shape index (κ3) is 3.40. The van der Waals surface area contributed by atoms with Crippen LogP contribution in [0, 0.1) is 5.41 Å². The Balaban J connectivity index is 1.20. The lowest BCUT2D eigenvalue weighted by molar-refractivity contribution is 0.446. The van der Waals surface area contributed by atoms with Gasteiger partial charge in [0.2, 0.25) is 0 Å². The SMILES string of the molecule is c1ccc(C2C[C@@H]2NCC2(CN3CCCCc4ccccc43)CC2)cc1. The zero-order chi connectivity index (χ0) is 17.4. The van der Waals surface area contributed by atoms with Gasteiger partial charge in [0.1, 0.15) is 0 Å². The Hall–Kier alpha value is -1.80. The minimum Gasteiger partial charge on any atom is -0.371 e. The van der Waals surface area contributed by atoms with Crippen molar-refractivity contribution in [3.63, 3.8) is 0 Å². The number of benzene rings is 2.